The summed E-state index contributed by atoms with van der Waals surface area (Å²) in [5, 5.41) is 10.4. The lowest BCUT2D eigenvalue weighted by molar-refractivity contribution is 0.162. The van der Waals surface area contributed by atoms with Crippen molar-refractivity contribution in [3.8, 4) is 0 Å². The highest BCUT2D eigenvalue weighted by Gasteiger charge is 2.14. The molecule has 5 nitrogen and oxygen atoms in total. The second-order valence-electron chi connectivity index (χ2n) is 5.00. The summed E-state index contributed by atoms with van der Waals surface area (Å²) in [6.07, 6.45) is 2.23. The average Bonchev–Trinajstić information content (AvgIpc) is 2.47. The summed E-state index contributed by atoms with van der Waals surface area (Å²) in [6.45, 7) is 2.11. The first kappa shape index (κ1) is 15.9. The molecule has 0 spiro atoms. The summed E-state index contributed by atoms with van der Waals surface area (Å²) >= 11 is 0. The predicted molar refractivity (Wildman–Crippen MR) is 83.3 cm³/mol. The van der Waals surface area contributed by atoms with E-state index in [4.69, 9.17) is 0 Å². The second kappa shape index (κ2) is 6.98. The largest absolute Gasteiger partial charge is 0.393 e. The van der Waals surface area contributed by atoms with Gasteiger partial charge in [0, 0.05) is 18.1 Å². The maximum atomic E-state index is 12.1. The lowest BCUT2D eigenvalue weighted by Gasteiger charge is -2.10. The van der Waals surface area contributed by atoms with Crippen molar-refractivity contribution in [2.75, 3.05) is 6.54 Å². The molecule has 1 atom stereocenters. The molecule has 0 saturated carbocycles. The van der Waals surface area contributed by atoms with Crippen molar-refractivity contribution in [1.29, 1.82) is 0 Å². The van der Waals surface area contributed by atoms with E-state index in [2.05, 4.69) is 9.71 Å². The van der Waals surface area contributed by atoms with E-state index in [9.17, 15) is 13.5 Å². The fourth-order valence-electron chi connectivity index (χ4n) is 2.12. The Morgan fingerprint density at radius 1 is 1.29 bits per heavy atom. The van der Waals surface area contributed by atoms with Gasteiger partial charge in [0.15, 0.2) is 0 Å². The molecule has 0 fully saturated rings. The van der Waals surface area contributed by atoms with E-state index in [1.54, 1.807) is 12.3 Å². The monoisotopic (exact) mass is 308 g/mol. The van der Waals surface area contributed by atoms with Gasteiger partial charge in [0.1, 0.15) is 0 Å². The fraction of sp³-hybridized carbons (Fsp3) is 0.400. The zero-order chi connectivity index (χ0) is 15.3. The van der Waals surface area contributed by atoms with Crippen LogP contribution in [0, 0.1) is 0 Å². The average molecular weight is 308 g/mol. The highest BCUT2D eigenvalue weighted by molar-refractivity contribution is 7.88. The van der Waals surface area contributed by atoms with E-state index >= 15 is 0 Å². The first-order valence-electron chi connectivity index (χ1n) is 7.00. The number of nitrogens with one attached hydrogen (secondary N) is 1. The molecule has 0 amide bonds. The number of aromatic nitrogens is 1. The van der Waals surface area contributed by atoms with E-state index < -0.39 is 16.1 Å². The number of rotatable bonds is 7. The number of hydrogen-bond donors (Lipinski definition) is 2. The normalized spacial score (nSPS) is 13.4. The summed E-state index contributed by atoms with van der Waals surface area (Å²) in [5.41, 5.74) is 1.38. The molecule has 2 aromatic rings. The molecule has 21 heavy (non-hydrogen) atoms. The minimum atomic E-state index is -3.43. The summed E-state index contributed by atoms with van der Waals surface area (Å²) in [4.78, 5) is 4.25. The number of para-hydroxylation sites is 1. The third kappa shape index (κ3) is 4.49. The molecule has 0 bridgehead atoms. The number of nitrogens with zero attached hydrogens (tertiary/aromatic N) is 1. The van der Waals surface area contributed by atoms with E-state index in [0.29, 0.717) is 23.9 Å². The molecule has 0 aliphatic heterocycles. The molecule has 114 valence electrons. The lowest BCUT2D eigenvalue weighted by Crippen LogP contribution is -2.28. The van der Waals surface area contributed by atoms with Crippen LogP contribution in [-0.4, -0.2) is 31.2 Å². The number of hydrogen-bond acceptors (Lipinski definition) is 4. The molecule has 0 aliphatic rings. The zero-order valence-electron chi connectivity index (χ0n) is 12.0. The van der Waals surface area contributed by atoms with Crippen LogP contribution in [0.1, 0.15) is 25.3 Å². The Labute approximate surface area is 125 Å². The molecule has 2 N–H and O–H groups in total. The Balaban J connectivity index is 2.08. The van der Waals surface area contributed by atoms with Gasteiger partial charge in [-0.1, -0.05) is 31.2 Å². The molecule has 1 unspecified atom stereocenters. The zero-order valence-corrected chi connectivity index (χ0v) is 12.8. The van der Waals surface area contributed by atoms with Gasteiger partial charge in [-0.25, -0.2) is 13.1 Å². The van der Waals surface area contributed by atoms with Crippen LogP contribution in [0.2, 0.25) is 0 Å². The fourth-order valence-corrected chi connectivity index (χ4v) is 3.30. The summed E-state index contributed by atoms with van der Waals surface area (Å²) < 4.78 is 26.7. The minimum Gasteiger partial charge on any atom is -0.393 e. The summed E-state index contributed by atoms with van der Waals surface area (Å²) in [6, 6.07) is 9.24. The first-order valence-corrected chi connectivity index (χ1v) is 8.65. The molecule has 1 aromatic carbocycles. The number of pyridine rings is 1. The van der Waals surface area contributed by atoms with Gasteiger partial charge in [0.25, 0.3) is 0 Å². The van der Waals surface area contributed by atoms with Crippen LogP contribution in [0.3, 0.4) is 0 Å². The maximum Gasteiger partial charge on any atom is 0.215 e. The Bertz CT molecular complexity index is 696. The number of fused-ring (bicyclic) bond motifs is 1. The minimum absolute atomic E-state index is 0.108. The number of aliphatic hydroxyl groups is 1. The molecule has 1 aromatic heterocycles. The van der Waals surface area contributed by atoms with Gasteiger partial charge in [-0.15, -0.1) is 0 Å². The first-order chi connectivity index (χ1) is 10.0. The van der Waals surface area contributed by atoms with E-state index in [1.807, 2.05) is 31.2 Å². The van der Waals surface area contributed by atoms with Crippen LogP contribution in [0.5, 0.6) is 0 Å². The number of benzene rings is 1. The van der Waals surface area contributed by atoms with Crippen molar-refractivity contribution in [3.63, 3.8) is 0 Å². The van der Waals surface area contributed by atoms with Crippen molar-refractivity contribution < 1.29 is 13.5 Å². The maximum absolute atomic E-state index is 12.1. The standard InChI is InChI=1S/C15H20N2O3S/c1-2-14(18)8-10-17-21(19,20)11-13-6-3-5-12-7-4-9-16-15(12)13/h3-7,9,14,17-18H,2,8,10-11H2,1H3. The van der Waals surface area contributed by atoms with Crippen LogP contribution < -0.4 is 4.72 Å². The summed E-state index contributed by atoms with van der Waals surface area (Å²) in [7, 11) is -3.43. The highest BCUT2D eigenvalue weighted by atomic mass is 32.2. The Kier molecular flexibility index (Phi) is 5.27. The third-order valence-electron chi connectivity index (χ3n) is 3.33. The predicted octanol–water partition coefficient (Wildman–Crippen LogP) is 1.82. The van der Waals surface area contributed by atoms with Crippen LogP contribution in [0.25, 0.3) is 10.9 Å². The molecule has 6 heteroatoms. The van der Waals surface area contributed by atoms with E-state index in [1.165, 1.54) is 0 Å². The topological polar surface area (TPSA) is 79.3 Å². The van der Waals surface area contributed by atoms with Gasteiger partial charge in [0.2, 0.25) is 10.0 Å². The lowest BCUT2D eigenvalue weighted by atomic mass is 10.1. The van der Waals surface area contributed by atoms with Gasteiger partial charge in [-0.2, -0.15) is 0 Å². The smallest absolute Gasteiger partial charge is 0.215 e. The summed E-state index contributed by atoms with van der Waals surface area (Å²) in [5.74, 6) is -0.108. The second-order valence-corrected chi connectivity index (χ2v) is 6.80. The third-order valence-corrected chi connectivity index (χ3v) is 4.67. The van der Waals surface area contributed by atoms with Crippen LogP contribution >= 0.6 is 0 Å². The highest BCUT2D eigenvalue weighted by Crippen LogP contribution is 2.17. The van der Waals surface area contributed by atoms with Crippen molar-refractivity contribution >= 4 is 20.9 Å². The molecule has 0 saturated heterocycles. The van der Waals surface area contributed by atoms with Gasteiger partial charge >= 0.3 is 0 Å². The van der Waals surface area contributed by atoms with E-state index in [0.717, 1.165) is 5.39 Å². The quantitative estimate of drug-likeness (QED) is 0.817. The van der Waals surface area contributed by atoms with Crippen LogP contribution in [-0.2, 0) is 15.8 Å². The Morgan fingerprint density at radius 2 is 2.05 bits per heavy atom. The van der Waals surface area contributed by atoms with Crippen molar-refractivity contribution in [3.05, 3.63) is 42.1 Å². The Hall–Kier alpha value is -1.50. The van der Waals surface area contributed by atoms with Crippen molar-refractivity contribution in [1.82, 2.24) is 9.71 Å². The number of sulfonamides is 1. The SMILES string of the molecule is CCC(O)CCNS(=O)(=O)Cc1cccc2cccnc12. The van der Waals surface area contributed by atoms with Crippen molar-refractivity contribution in [2.45, 2.75) is 31.6 Å². The molecule has 2 rings (SSSR count). The van der Waals surface area contributed by atoms with Crippen molar-refractivity contribution in [2.24, 2.45) is 0 Å². The van der Waals surface area contributed by atoms with Gasteiger partial charge in [-0.05, 0) is 24.5 Å². The van der Waals surface area contributed by atoms with Gasteiger partial charge in [0.05, 0.1) is 17.4 Å². The molecule has 0 radical (unpaired) electrons. The van der Waals surface area contributed by atoms with Gasteiger partial charge < -0.3 is 5.11 Å². The molecule has 1 heterocycles. The Morgan fingerprint density at radius 3 is 2.81 bits per heavy atom. The molecular weight excluding hydrogens is 288 g/mol. The number of aliphatic hydroxyl groups excluding tert-OH is 1. The van der Waals surface area contributed by atoms with E-state index in [-0.39, 0.29) is 12.3 Å². The molecular formula is C15H20N2O3S. The van der Waals surface area contributed by atoms with Crippen LogP contribution in [0.15, 0.2) is 36.5 Å². The van der Waals surface area contributed by atoms with Crippen LogP contribution in [0.4, 0.5) is 0 Å². The molecule has 0 aliphatic carbocycles. The van der Waals surface area contributed by atoms with Gasteiger partial charge in [-0.3, -0.25) is 4.98 Å².